The summed E-state index contributed by atoms with van der Waals surface area (Å²) < 4.78 is 1.02. The minimum Gasteiger partial charge on any atom is -0.382 e. The van der Waals surface area contributed by atoms with Gasteiger partial charge >= 0.3 is 0 Å². The lowest BCUT2D eigenvalue weighted by Crippen LogP contribution is -2.15. The van der Waals surface area contributed by atoms with Gasteiger partial charge in [0.2, 0.25) is 0 Å². The average Bonchev–Trinajstić information content (AvgIpc) is 2.38. The van der Waals surface area contributed by atoms with Gasteiger partial charge < -0.3 is 5.73 Å². The van der Waals surface area contributed by atoms with Crippen molar-refractivity contribution >= 4 is 27.5 Å². The van der Waals surface area contributed by atoms with Crippen LogP contribution in [0.4, 0.5) is 5.69 Å². The number of hydrazone groups is 1. The van der Waals surface area contributed by atoms with E-state index in [2.05, 4.69) is 26.5 Å². The Hall–Kier alpha value is -1.81. The molecule has 17 heavy (non-hydrogen) atoms. The van der Waals surface area contributed by atoms with Crippen molar-refractivity contribution in [1.82, 2.24) is 0 Å². The molecule has 0 aliphatic heterocycles. The second kappa shape index (κ2) is 5.50. The van der Waals surface area contributed by atoms with Crippen molar-refractivity contribution in [2.24, 2.45) is 10.8 Å². The quantitative estimate of drug-likeness (QED) is 0.518. The Balaban J connectivity index is 2.10. The monoisotopic (exact) mass is 289 g/mol. The second-order valence-corrected chi connectivity index (χ2v) is 4.40. The van der Waals surface area contributed by atoms with Crippen LogP contribution in [-0.4, -0.2) is 5.84 Å². The van der Waals surface area contributed by atoms with E-state index in [1.54, 1.807) is 0 Å². The SMILES string of the molecule is N/C(=N\Nc1ccccc1)c1ccc(Br)cc1. The molecular formula is C13H12BrN3. The van der Waals surface area contributed by atoms with Crippen molar-refractivity contribution in [3.05, 3.63) is 64.6 Å². The number of hydrogen-bond acceptors (Lipinski definition) is 2. The van der Waals surface area contributed by atoms with Gasteiger partial charge in [0.15, 0.2) is 5.84 Å². The first-order valence-electron chi connectivity index (χ1n) is 5.16. The number of hydrogen-bond donors (Lipinski definition) is 2. The highest BCUT2D eigenvalue weighted by Gasteiger charge is 1.97. The molecule has 2 aromatic carbocycles. The lowest BCUT2D eigenvalue weighted by Gasteiger charge is -2.03. The van der Waals surface area contributed by atoms with Gasteiger partial charge in [0.25, 0.3) is 0 Å². The molecular weight excluding hydrogens is 278 g/mol. The predicted molar refractivity (Wildman–Crippen MR) is 74.9 cm³/mol. The molecule has 0 saturated carbocycles. The number of amidine groups is 1. The van der Waals surface area contributed by atoms with E-state index in [1.807, 2.05) is 54.6 Å². The zero-order valence-corrected chi connectivity index (χ0v) is 10.7. The molecule has 3 nitrogen and oxygen atoms in total. The van der Waals surface area contributed by atoms with Crippen molar-refractivity contribution in [2.75, 3.05) is 5.43 Å². The number of nitrogens with zero attached hydrogens (tertiary/aromatic N) is 1. The topological polar surface area (TPSA) is 50.4 Å². The first-order chi connectivity index (χ1) is 8.25. The van der Waals surface area contributed by atoms with Crippen LogP contribution in [0.15, 0.2) is 64.2 Å². The zero-order chi connectivity index (χ0) is 12.1. The van der Waals surface area contributed by atoms with Crippen LogP contribution in [-0.2, 0) is 0 Å². The van der Waals surface area contributed by atoms with Gasteiger partial charge in [-0.15, -0.1) is 0 Å². The highest BCUT2D eigenvalue weighted by atomic mass is 79.9. The first kappa shape index (κ1) is 11.7. The summed E-state index contributed by atoms with van der Waals surface area (Å²) in [7, 11) is 0. The van der Waals surface area contributed by atoms with Crippen LogP contribution in [0.2, 0.25) is 0 Å². The summed E-state index contributed by atoms with van der Waals surface area (Å²) in [6, 6.07) is 17.4. The molecule has 0 atom stereocenters. The summed E-state index contributed by atoms with van der Waals surface area (Å²) in [4.78, 5) is 0. The van der Waals surface area contributed by atoms with E-state index in [1.165, 1.54) is 0 Å². The lowest BCUT2D eigenvalue weighted by molar-refractivity contribution is 1.31. The Kier molecular flexibility index (Phi) is 3.77. The maximum absolute atomic E-state index is 5.87. The fourth-order valence-corrected chi connectivity index (χ4v) is 1.59. The number of benzene rings is 2. The fourth-order valence-electron chi connectivity index (χ4n) is 1.32. The van der Waals surface area contributed by atoms with Gasteiger partial charge in [0.05, 0.1) is 5.69 Å². The van der Waals surface area contributed by atoms with Crippen molar-refractivity contribution in [1.29, 1.82) is 0 Å². The Morgan fingerprint density at radius 1 is 1.00 bits per heavy atom. The van der Waals surface area contributed by atoms with Crippen molar-refractivity contribution in [3.8, 4) is 0 Å². The molecule has 86 valence electrons. The fraction of sp³-hybridized carbons (Fsp3) is 0. The number of nitrogens with two attached hydrogens (primary N) is 1. The average molecular weight is 290 g/mol. The van der Waals surface area contributed by atoms with Gasteiger partial charge in [-0.25, -0.2) is 0 Å². The van der Waals surface area contributed by atoms with Crippen LogP contribution >= 0.6 is 15.9 Å². The summed E-state index contributed by atoms with van der Waals surface area (Å²) in [5.41, 5.74) is 10.6. The highest BCUT2D eigenvalue weighted by Crippen LogP contribution is 2.10. The van der Waals surface area contributed by atoms with E-state index in [4.69, 9.17) is 5.73 Å². The minimum absolute atomic E-state index is 0.460. The number of halogens is 1. The van der Waals surface area contributed by atoms with Crippen LogP contribution < -0.4 is 11.2 Å². The van der Waals surface area contributed by atoms with Crippen molar-refractivity contribution in [3.63, 3.8) is 0 Å². The smallest absolute Gasteiger partial charge is 0.150 e. The summed E-state index contributed by atoms with van der Waals surface area (Å²) in [6.45, 7) is 0. The molecule has 0 spiro atoms. The Morgan fingerprint density at radius 2 is 1.65 bits per heavy atom. The molecule has 3 N–H and O–H groups in total. The summed E-state index contributed by atoms with van der Waals surface area (Å²) >= 11 is 3.37. The number of rotatable bonds is 3. The molecule has 0 amide bonds. The van der Waals surface area contributed by atoms with Crippen LogP contribution in [0.25, 0.3) is 0 Å². The van der Waals surface area contributed by atoms with Gasteiger partial charge in [-0.3, -0.25) is 5.43 Å². The first-order valence-corrected chi connectivity index (χ1v) is 5.95. The summed E-state index contributed by atoms with van der Waals surface area (Å²) in [5.74, 6) is 0.460. The molecule has 0 radical (unpaired) electrons. The maximum atomic E-state index is 5.87. The third kappa shape index (κ3) is 3.32. The molecule has 0 bridgehead atoms. The van der Waals surface area contributed by atoms with E-state index in [-0.39, 0.29) is 0 Å². The number of anilines is 1. The van der Waals surface area contributed by atoms with Crippen molar-refractivity contribution < 1.29 is 0 Å². The Labute approximate surface area is 108 Å². The van der Waals surface area contributed by atoms with Gasteiger partial charge in [-0.2, -0.15) is 5.10 Å². The molecule has 0 aromatic heterocycles. The zero-order valence-electron chi connectivity index (χ0n) is 9.10. The van der Waals surface area contributed by atoms with E-state index in [0.29, 0.717) is 5.84 Å². The van der Waals surface area contributed by atoms with E-state index >= 15 is 0 Å². The summed E-state index contributed by atoms with van der Waals surface area (Å²) in [6.07, 6.45) is 0. The van der Waals surface area contributed by atoms with Crippen LogP contribution in [0.3, 0.4) is 0 Å². The van der Waals surface area contributed by atoms with E-state index in [9.17, 15) is 0 Å². The number of para-hydroxylation sites is 1. The van der Waals surface area contributed by atoms with Crippen LogP contribution in [0, 0.1) is 0 Å². The van der Waals surface area contributed by atoms with E-state index < -0.39 is 0 Å². The normalized spacial score (nSPS) is 11.2. The minimum atomic E-state index is 0.460. The molecule has 2 aromatic rings. The third-order valence-corrected chi connectivity index (χ3v) is 2.75. The third-order valence-electron chi connectivity index (χ3n) is 2.22. The maximum Gasteiger partial charge on any atom is 0.150 e. The Morgan fingerprint density at radius 3 is 2.29 bits per heavy atom. The van der Waals surface area contributed by atoms with Crippen LogP contribution in [0.1, 0.15) is 5.56 Å². The summed E-state index contributed by atoms with van der Waals surface area (Å²) in [5, 5.41) is 4.12. The second-order valence-electron chi connectivity index (χ2n) is 3.48. The molecule has 0 saturated heterocycles. The Bertz CT molecular complexity index is 506. The lowest BCUT2D eigenvalue weighted by atomic mass is 10.2. The van der Waals surface area contributed by atoms with Gasteiger partial charge in [0.1, 0.15) is 0 Å². The molecule has 0 unspecified atom stereocenters. The largest absolute Gasteiger partial charge is 0.382 e. The number of nitrogens with one attached hydrogen (secondary N) is 1. The van der Waals surface area contributed by atoms with E-state index in [0.717, 1.165) is 15.7 Å². The molecule has 2 rings (SSSR count). The van der Waals surface area contributed by atoms with Gasteiger partial charge in [0, 0.05) is 10.0 Å². The van der Waals surface area contributed by atoms with Crippen LogP contribution in [0.5, 0.6) is 0 Å². The van der Waals surface area contributed by atoms with Gasteiger partial charge in [-0.05, 0) is 24.3 Å². The standard InChI is InChI=1S/C13H12BrN3/c14-11-8-6-10(7-9-11)13(15)17-16-12-4-2-1-3-5-12/h1-9,16H,(H2,15,17). The van der Waals surface area contributed by atoms with Gasteiger partial charge in [-0.1, -0.05) is 46.3 Å². The molecule has 4 heteroatoms. The molecule has 0 heterocycles. The molecule has 0 aliphatic carbocycles. The predicted octanol–water partition coefficient (Wildman–Crippen LogP) is 3.18. The molecule has 0 fully saturated rings. The highest BCUT2D eigenvalue weighted by molar-refractivity contribution is 9.10. The molecule has 0 aliphatic rings. The van der Waals surface area contributed by atoms with Crippen molar-refractivity contribution in [2.45, 2.75) is 0 Å².